The Morgan fingerprint density at radius 3 is 2.30 bits per heavy atom. The van der Waals surface area contributed by atoms with Crippen molar-refractivity contribution in [2.45, 2.75) is 17.4 Å². The van der Waals surface area contributed by atoms with Gasteiger partial charge in [-0.25, -0.2) is 0 Å². The molecule has 0 saturated carbocycles. The molecule has 0 fully saturated rings. The van der Waals surface area contributed by atoms with E-state index >= 15 is 0 Å². The van der Waals surface area contributed by atoms with Crippen molar-refractivity contribution < 1.29 is 5.11 Å². The SMILES string of the molecule is CSc1ccc(C(O)CCN(C)c2ccccc2)cc1. The second kappa shape index (κ2) is 7.36. The van der Waals surface area contributed by atoms with Gasteiger partial charge in [-0.1, -0.05) is 30.3 Å². The van der Waals surface area contributed by atoms with E-state index in [0.717, 1.165) is 18.5 Å². The van der Waals surface area contributed by atoms with Crippen LogP contribution >= 0.6 is 11.8 Å². The average Bonchev–Trinajstić information content (AvgIpc) is 2.53. The van der Waals surface area contributed by atoms with Crippen molar-refractivity contribution >= 4 is 17.4 Å². The smallest absolute Gasteiger partial charge is 0.0806 e. The minimum absolute atomic E-state index is 0.405. The van der Waals surface area contributed by atoms with Crippen LogP contribution in [0.2, 0.25) is 0 Å². The Morgan fingerprint density at radius 2 is 1.70 bits per heavy atom. The van der Waals surface area contributed by atoms with Gasteiger partial charge in [0.25, 0.3) is 0 Å². The summed E-state index contributed by atoms with van der Waals surface area (Å²) < 4.78 is 0. The van der Waals surface area contributed by atoms with E-state index in [1.165, 1.54) is 10.6 Å². The Morgan fingerprint density at radius 1 is 1.05 bits per heavy atom. The van der Waals surface area contributed by atoms with Gasteiger partial charge in [0.05, 0.1) is 6.10 Å². The molecule has 0 aliphatic rings. The Kier molecular flexibility index (Phi) is 5.50. The maximum Gasteiger partial charge on any atom is 0.0806 e. The summed E-state index contributed by atoms with van der Waals surface area (Å²) in [6, 6.07) is 18.4. The van der Waals surface area contributed by atoms with Gasteiger partial charge in [-0.3, -0.25) is 0 Å². The molecular weight excluding hydrogens is 266 g/mol. The standard InChI is InChI=1S/C17H21NOS/c1-18(15-6-4-3-5-7-15)13-12-17(19)14-8-10-16(20-2)11-9-14/h3-11,17,19H,12-13H2,1-2H3. The molecule has 0 radical (unpaired) electrons. The van der Waals surface area contributed by atoms with E-state index in [-0.39, 0.29) is 0 Å². The van der Waals surface area contributed by atoms with E-state index in [9.17, 15) is 5.11 Å². The highest BCUT2D eigenvalue weighted by atomic mass is 32.2. The lowest BCUT2D eigenvalue weighted by Gasteiger charge is -2.21. The number of anilines is 1. The van der Waals surface area contributed by atoms with Crippen LogP contribution in [0.3, 0.4) is 0 Å². The fraction of sp³-hybridized carbons (Fsp3) is 0.294. The fourth-order valence-electron chi connectivity index (χ4n) is 2.12. The van der Waals surface area contributed by atoms with Crippen LogP contribution in [-0.2, 0) is 0 Å². The average molecular weight is 287 g/mol. The normalized spacial score (nSPS) is 12.2. The summed E-state index contributed by atoms with van der Waals surface area (Å²) in [5, 5.41) is 10.2. The van der Waals surface area contributed by atoms with Gasteiger partial charge in [0.1, 0.15) is 0 Å². The third-order valence-corrected chi connectivity index (χ3v) is 4.18. The molecule has 0 saturated heterocycles. The number of benzene rings is 2. The first-order valence-corrected chi connectivity index (χ1v) is 8.01. The van der Waals surface area contributed by atoms with E-state index in [0.29, 0.717) is 0 Å². The van der Waals surface area contributed by atoms with Gasteiger partial charge in [-0.05, 0) is 42.5 Å². The molecule has 20 heavy (non-hydrogen) atoms. The summed E-state index contributed by atoms with van der Waals surface area (Å²) in [4.78, 5) is 3.39. The van der Waals surface area contributed by atoms with E-state index in [1.807, 2.05) is 30.3 Å². The van der Waals surface area contributed by atoms with Crippen LogP contribution in [0.1, 0.15) is 18.1 Å². The molecule has 1 N–H and O–H groups in total. The number of aliphatic hydroxyl groups is 1. The summed E-state index contributed by atoms with van der Waals surface area (Å²) in [7, 11) is 2.05. The van der Waals surface area contributed by atoms with Crippen LogP contribution in [0.15, 0.2) is 59.5 Å². The molecule has 0 amide bonds. The molecule has 2 aromatic rings. The van der Waals surface area contributed by atoms with E-state index < -0.39 is 6.10 Å². The minimum atomic E-state index is -0.405. The van der Waals surface area contributed by atoms with E-state index in [2.05, 4.69) is 42.5 Å². The van der Waals surface area contributed by atoms with Crippen LogP contribution in [0.25, 0.3) is 0 Å². The fourth-order valence-corrected chi connectivity index (χ4v) is 2.53. The van der Waals surface area contributed by atoms with Crippen LogP contribution in [-0.4, -0.2) is 25.0 Å². The second-order valence-electron chi connectivity index (χ2n) is 4.83. The van der Waals surface area contributed by atoms with Crippen molar-refractivity contribution in [1.29, 1.82) is 0 Å². The van der Waals surface area contributed by atoms with Crippen LogP contribution in [0, 0.1) is 0 Å². The monoisotopic (exact) mass is 287 g/mol. The zero-order valence-electron chi connectivity index (χ0n) is 12.0. The predicted molar refractivity (Wildman–Crippen MR) is 87.5 cm³/mol. The Balaban J connectivity index is 1.89. The summed E-state index contributed by atoms with van der Waals surface area (Å²) in [5.74, 6) is 0. The maximum atomic E-state index is 10.2. The lowest BCUT2D eigenvalue weighted by atomic mass is 10.1. The third kappa shape index (κ3) is 4.02. The van der Waals surface area contributed by atoms with Crippen molar-refractivity contribution in [2.24, 2.45) is 0 Å². The molecule has 2 rings (SSSR count). The largest absolute Gasteiger partial charge is 0.388 e. The lowest BCUT2D eigenvalue weighted by molar-refractivity contribution is 0.170. The molecule has 0 aliphatic heterocycles. The zero-order valence-corrected chi connectivity index (χ0v) is 12.8. The molecule has 3 heteroatoms. The number of aliphatic hydroxyl groups excluding tert-OH is 1. The lowest BCUT2D eigenvalue weighted by Crippen LogP contribution is -2.20. The molecule has 106 valence electrons. The van der Waals surface area contributed by atoms with Gasteiger partial charge < -0.3 is 10.0 Å². The number of thioether (sulfide) groups is 1. The number of para-hydroxylation sites is 1. The molecule has 0 aliphatic carbocycles. The van der Waals surface area contributed by atoms with Crippen LogP contribution in [0.5, 0.6) is 0 Å². The number of hydrogen-bond donors (Lipinski definition) is 1. The molecule has 0 bridgehead atoms. The molecule has 2 nitrogen and oxygen atoms in total. The van der Waals surface area contributed by atoms with Gasteiger partial charge >= 0.3 is 0 Å². The Bertz CT molecular complexity index is 512. The predicted octanol–water partition coefficient (Wildman–Crippen LogP) is 3.97. The molecule has 2 aromatic carbocycles. The highest BCUT2D eigenvalue weighted by Gasteiger charge is 2.09. The minimum Gasteiger partial charge on any atom is -0.388 e. The number of hydrogen-bond acceptors (Lipinski definition) is 3. The van der Waals surface area contributed by atoms with Gasteiger partial charge in [0.2, 0.25) is 0 Å². The van der Waals surface area contributed by atoms with Gasteiger partial charge in [-0.15, -0.1) is 11.8 Å². The number of rotatable bonds is 6. The highest BCUT2D eigenvalue weighted by molar-refractivity contribution is 7.98. The van der Waals surface area contributed by atoms with E-state index in [1.54, 1.807) is 11.8 Å². The summed E-state index contributed by atoms with van der Waals surface area (Å²) in [6.07, 6.45) is 2.38. The van der Waals surface area contributed by atoms with Gasteiger partial charge in [-0.2, -0.15) is 0 Å². The van der Waals surface area contributed by atoms with Crippen molar-refractivity contribution in [1.82, 2.24) is 0 Å². The van der Waals surface area contributed by atoms with Gasteiger partial charge in [0, 0.05) is 24.2 Å². The summed E-state index contributed by atoms with van der Waals surface area (Å²) in [5.41, 5.74) is 2.17. The van der Waals surface area contributed by atoms with Crippen molar-refractivity contribution in [3.05, 3.63) is 60.2 Å². The highest BCUT2D eigenvalue weighted by Crippen LogP contribution is 2.22. The van der Waals surface area contributed by atoms with Crippen LogP contribution in [0.4, 0.5) is 5.69 Å². The Hall–Kier alpha value is -1.45. The van der Waals surface area contributed by atoms with Crippen LogP contribution < -0.4 is 4.90 Å². The van der Waals surface area contributed by atoms with Crippen molar-refractivity contribution in [2.75, 3.05) is 24.7 Å². The quantitative estimate of drug-likeness (QED) is 0.813. The molecular formula is C17H21NOS. The first-order chi connectivity index (χ1) is 9.70. The molecule has 0 heterocycles. The maximum absolute atomic E-state index is 10.2. The summed E-state index contributed by atoms with van der Waals surface area (Å²) >= 11 is 1.71. The second-order valence-corrected chi connectivity index (χ2v) is 5.71. The molecule has 1 atom stereocenters. The van der Waals surface area contributed by atoms with E-state index in [4.69, 9.17) is 0 Å². The first-order valence-electron chi connectivity index (χ1n) is 6.79. The number of nitrogens with zero attached hydrogens (tertiary/aromatic N) is 1. The molecule has 1 unspecified atom stereocenters. The zero-order chi connectivity index (χ0) is 14.4. The van der Waals surface area contributed by atoms with Gasteiger partial charge in [0.15, 0.2) is 0 Å². The van der Waals surface area contributed by atoms with Crippen molar-refractivity contribution in [3.63, 3.8) is 0 Å². The molecule has 0 spiro atoms. The topological polar surface area (TPSA) is 23.5 Å². The van der Waals surface area contributed by atoms with Crippen molar-refractivity contribution in [3.8, 4) is 0 Å². The first kappa shape index (κ1) is 14.9. The Labute approximate surface area is 125 Å². The third-order valence-electron chi connectivity index (χ3n) is 3.44. The summed E-state index contributed by atoms with van der Waals surface area (Å²) in [6.45, 7) is 0.829. The molecule has 0 aromatic heterocycles.